The first kappa shape index (κ1) is 14.8. The maximum absolute atomic E-state index is 4.47. The van der Waals surface area contributed by atoms with Gasteiger partial charge < -0.3 is 4.90 Å². The first-order valence-electron chi connectivity index (χ1n) is 8.29. The van der Waals surface area contributed by atoms with Gasteiger partial charge in [0.1, 0.15) is 18.0 Å². The molecule has 0 amide bonds. The Morgan fingerprint density at radius 2 is 1.58 bits per heavy atom. The number of anilines is 1. The predicted octanol–water partition coefficient (Wildman–Crippen LogP) is 3.32. The van der Waals surface area contributed by atoms with E-state index in [9.17, 15) is 0 Å². The van der Waals surface area contributed by atoms with Crippen molar-refractivity contribution in [3.63, 3.8) is 0 Å². The smallest absolute Gasteiger partial charge is 0.132 e. The number of rotatable bonds is 3. The topological polar surface area (TPSA) is 54.8 Å². The molecule has 4 rings (SSSR count). The van der Waals surface area contributed by atoms with Crippen LogP contribution in [-0.2, 0) is 0 Å². The van der Waals surface area contributed by atoms with Crippen LogP contribution < -0.4 is 4.90 Å². The lowest BCUT2D eigenvalue weighted by Gasteiger charge is -2.32. The molecule has 1 saturated heterocycles. The van der Waals surface area contributed by atoms with Gasteiger partial charge in [0.05, 0.1) is 5.69 Å². The highest BCUT2D eigenvalue weighted by Crippen LogP contribution is 2.28. The summed E-state index contributed by atoms with van der Waals surface area (Å²) >= 11 is 0. The molecule has 0 unspecified atom stereocenters. The first-order valence-corrected chi connectivity index (χ1v) is 8.29. The maximum atomic E-state index is 4.47. The summed E-state index contributed by atoms with van der Waals surface area (Å²) in [6.07, 6.45) is 7.41. The molecule has 0 saturated carbocycles. The van der Waals surface area contributed by atoms with E-state index in [0.717, 1.165) is 48.8 Å². The van der Waals surface area contributed by atoms with Crippen LogP contribution in [0.25, 0.3) is 11.3 Å². The molecular formula is C19H19N5. The summed E-state index contributed by atoms with van der Waals surface area (Å²) in [5, 5.41) is 0. The number of aromatic nitrogens is 4. The van der Waals surface area contributed by atoms with E-state index in [2.05, 4.69) is 43.0 Å². The van der Waals surface area contributed by atoms with Gasteiger partial charge >= 0.3 is 0 Å². The van der Waals surface area contributed by atoms with Crippen LogP contribution in [0.1, 0.15) is 24.6 Å². The Morgan fingerprint density at radius 3 is 2.33 bits per heavy atom. The zero-order valence-electron chi connectivity index (χ0n) is 13.4. The van der Waals surface area contributed by atoms with Crippen LogP contribution in [0, 0.1) is 0 Å². The molecule has 5 heteroatoms. The molecule has 120 valence electrons. The fourth-order valence-electron chi connectivity index (χ4n) is 3.17. The third-order valence-corrected chi connectivity index (χ3v) is 4.49. The molecule has 3 aromatic rings. The Morgan fingerprint density at radius 1 is 0.833 bits per heavy atom. The Bertz CT molecular complexity index is 783. The quantitative estimate of drug-likeness (QED) is 0.742. The van der Waals surface area contributed by atoms with Gasteiger partial charge in [-0.15, -0.1) is 0 Å². The van der Waals surface area contributed by atoms with Crippen molar-refractivity contribution in [3.8, 4) is 11.3 Å². The second-order valence-electron chi connectivity index (χ2n) is 6.00. The summed E-state index contributed by atoms with van der Waals surface area (Å²) in [7, 11) is 0. The van der Waals surface area contributed by atoms with Gasteiger partial charge in [-0.3, -0.25) is 0 Å². The summed E-state index contributed by atoms with van der Waals surface area (Å²) in [6, 6.07) is 14.2. The van der Waals surface area contributed by atoms with E-state index in [-0.39, 0.29) is 0 Å². The first-order chi connectivity index (χ1) is 11.9. The predicted molar refractivity (Wildman–Crippen MR) is 93.7 cm³/mol. The third-order valence-electron chi connectivity index (χ3n) is 4.49. The Hall–Kier alpha value is -2.82. The zero-order valence-corrected chi connectivity index (χ0v) is 13.4. The van der Waals surface area contributed by atoms with Crippen molar-refractivity contribution < 1.29 is 0 Å². The normalized spacial score (nSPS) is 15.4. The fourth-order valence-corrected chi connectivity index (χ4v) is 3.17. The van der Waals surface area contributed by atoms with Gasteiger partial charge in [0.2, 0.25) is 0 Å². The molecule has 5 nitrogen and oxygen atoms in total. The lowest BCUT2D eigenvalue weighted by Crippen LogP contribution is -2.34. The van der Waals surface area contributed by atoms with Crippen LogP contribution in [-0.4, -0.2) is 33.0 Å². The Labute approximate surface area is 141 Å². The van der Waals surface area contributed by atoms with Crippen molar-refractivity contribution in [2.24, 2.45) is 0 Å². The minimum absolute atomic E-state index is 0.442. The monoisotopic (exact) mass is 317 g/mol. The van der Waals surface area contributed by atoms with Gasteiger partial charge in [0.25, 0.3) is 0 Å². The number of benzene rings is 1. The highest BCUT2D eigenvalue weighted by molar-refractivity contribution is 5.62. The SMILES string of the molecule is c1ccc(-c2cc(N3CCC(c4ncccn4)CC3)ncn2)cc1. The number of hydrogen-bond donors (Lipinski definition) is 0. The minimum Gasteiger partial charge on any atom is -0.356 e. The summed E-state index contributed by atoms with van der Waals surface area (Å²) in [6.45, 7) is 1.93. The van der Waals surface area contributed by atoms with E-state index >= 15 is 0 Å². The second kappa shape index (κ2) is 6.74. The molecule has 0 aliphatic carbocycles. The molecule has 1 aromatic carbocycles. The van der Waals surface area contributed by atoms with Crippen molar-refractivity contribution in [3.05, 3.63) is 67.0 Å². The van der Waals surface area contributed by atoms with Gasteiger partial charge in [-0.1, -0.05) is 30.3 Å². The van der Waals surface area contributed by atoms with Gasteiger partial charge in [0.15, 0.2) is 0 Å². The average molecular weight is 317 g/mol. The van der Waals surface area contributed by atoms with Gasteiger partial charge in [-0.05, 0) is 18.9 Å². The fraction of sp³-hybridized carbons (Fsp3) is 0.263. The van der Waals surface area contributed by atoms with Crippen LogP contribution in [0.3, 0.4) is 0 Å². The van der Waals surface area contributed by atoms with E-state index in [1.165, 1.54) is 0 Å². The molecule has 24 heavy (non-hydrogen) atoms. The third kappa shape index (κ3) is 3.11. The summed E-state index contributed by atoms with van der Waals surface area (Å²) in [5.41, 5.74) is 2.09. The molecule has 0 atom stereocenters. The lowest BCUT2D eigenvalue weighted by molar-refractivity contribution is 0.483. The van der Waals surface area contributed by atoms with Crippen molar-refractivity contribution in [1.29, 1.82) is 0 Å². The van der Waals surface area contributed by atoms with Crippen LogP contribution in [0.15, 0.2) is 61.2 Å². The summed E-state index contributed by atoms with van der Waals surface area (Å²) in [4.78, 5) is 20.0. The molecule has 0 spiro atoms. The second-order valence-corrected chi connectivity index (χ2v) is 6.00. The number of piperidine rings is 1. The molecule has 2 aromatic heterocycles. The van der Waals surface area contributed by atoms with E-state index in [0.29, 0.717) is 5.92 Å². The Kier molecular flexibility index (Phi) is 4.14. The number of hydrogen-bond acceptors (Lipinski definition) is 5. The highest BCUT2D eigenvalue weighted by atomic mass is 15.2. The lowest BCUT2D eigenvalue weighted by atomic mass is 9.96. The highest BCUT2D eigenvalue weighted by Gasteiger charge is 2.23. The number of nitrogens with zero attached hydrogens (tertiary/aromatic N) is 5. The largest absolute Gasteiger partial charge is 0.356 e. The van der Waals surface area contributed by atoms with Crippen molar-refractivity contribution in [1.82, 2.24) is 19.9 Å². The van der Waals surface area contributed by atoms with Crippen molar-refractivity contribution in [2.75, 3.05) is 18.0 Å². The molecule has 0 bridgehead atoms. The van der Waals surface area contributed by atoms with Crippen LogP contribution >= 0.6 is 0 Å². The van der Waals surface area contributed by atoms with Gasteiger partial charge in [0, 0.05) is 43.0 Å². The van der Waals surface area contributed by atoms with Crippen molar-refractivity contribution in [2.45, 2.75) is 18.8 Å². The van der Waals surface area contributed by atoms with E-state index in [4.69, 9.17) is 0 Å². The molecular weight excluding hydrogens is 298 g/mol. The standard InChI is InChI=1S/C19H19N5/c1-2-5-15(6-3-1)17-13-18(23-14-22-17)24-11-7-16(8-12-24)19-20-9-4-10-21-19/h1-6,9-10,13-14,16H,7-8,11-12H2. The van der Waals surface area contributed by atoms with E-state index in [1.54, 1.807) is 6.33 Å². The molecule has 0 radical (unpaired) electrons. The van der Waals surface area contributed by atoms with Crippen LogP contribution in [0.5, 0.6) is 0 Å². The molecule has 3 heterocycles. The minimum atomic E-state index is 0.442. The molecule has 1 aliphatic heterocycles. The van der Waals surface area contributed by atoms with E-state index < -0.39 is 0 Å². The molecule has 0 N–H and O–H groups in total. The Balaban J connectivity index is 1.48. The molecule has 1 aliphatic rings. The van der Waals surface area contributed by atoms with E-state index in [1.807, 2.05) is 36.7 Å². The summed E-state index contributed by atoms with van der Waals surface area (Å²) in [5.74, 6) is 2.40. The van der Waals surface area contributed by atoms with Crippen LogP contribution in [0.2, 0.25) is 0 Å². The summed E-state index contributed by atoms with van der Waals surface area (Å²) < 4.78 is 0. The maximum Gasteiger partial charge on any atom is 0.132 e. The van der Waals surface area contributed by atoms with Crippen LogP contribution in [0.4, 0.5) is 5.82 Å². The zero-order chi connectivity index (χ0) is 16.2. The van der Waals surface area contributed by atoms with Gasteiger partial charge in [-0.2, -0.15) is 0 Å². The molecule has 1 fully saturated rings. The average Bonchev–Trinajstić information content (AvgIpc) is 2.70. The van der Waals surface area contributed by atoms with Crippen molar-refractivity contribution >= 4 is 5.82 Å². The van der Waals surface area contributed by atoms with Gasteiger partial charge in [-0.25, -0.2) is 19.9 Å².